The Morgan fingerprint density at radius 1 is 1.18 bits per heavy atom. The third-order valence-electron chi connectivity index (χ3n) is 3.93. The molecule has 144 valence electrons. The highest BCUT2D eigenvalue weighted by Gasteiger charge is 2.11. The molecule has 2 aromatic carbocycles. The molecule has 0 radical (unpaired) electrons. The number of halogens is 2. The monoisotopic (exact) mass is 446 g/mol. The van der Waals surface area contributed by atoms with Gasteiger partial charge in [-0.25, -0.2) is 9.37 Å². The Labute approximate surface area is 167 Å². The summed E-state index contributed by atoms with van der Waals surface area (Å²) < 4.78 is 16.0. The number of carbonyl (C=O) groups excluding carboxylic acids is 2. The van der Waals surface area contributed by atoms with Crippen LogP contribution in [0.2, 0.25) is 0 Å². The molecule has 0 bridgehead atoms. The smallest absolute Gasteiger partial charge is 0.261 e. The third-order valence-corrected chi connectivity index (χ3v) is 4.42. The zero-order valence-electron chi connectivity index (χ0n) is 14.8. The first-order valence-corrected chi connectivity index (χ1v) is 9.14. The minimum Gasteiger partial charge on any atom is -0.326 e. The van der Waals surface area contributed by atoms with Crippen LogP contribution < -0.4 is 16.2 Å². The van der Waals surface area contributed by atoms with E-state index >= 15 is 0 Å². The molecule has 0 fully saturated rings. The van der Waals surface area contributed by atoms with E-state index in [2.05, 4.69) is 31.5 Å². The van der Waals surface area contributed by atoms with E-state index in [0.29, 0.717) is 16.6 Å². The number of nitrogens with one attached hydrogen (secondary N) is 2. The number of fused-ring (bicyclic) bond motifs is 1. The van der Waals surface area contributed by atoms with Crippen LogP contribution in [0.15, 0.2) is 52.0 Å². The molecule has 0 aliphatic carbocycles. The molecule has 0 aliphatic heterocycles. The number of benzene rings is 2. The number of hydrogen-bond donors (Lipinski definition) is 2. The van der Waals surface area contributed by atoms with Crippen molar-refractivity contribution < 1.29 is 14.0 Å². The van der Waals surface area contributed by atoms with Gasteiger partial charge in [-0.3, -0.25) is 19.0 Å². The molecule has 9 heteroatoms. The Morgan fingerprint density at radius 2 is 1.96 bits per heavy atom. The number of carbonyl (C=O) groups is 2. The van der Waals surface area contributed by atoms with Crippen molar-refractivity contribution in [1.82, 2.24) is 9.55 Å². The average Bonchev–Trinajstić information content (AvgIpc) is 2.64. The Balaban J connectivity index is 1.71. The van der Waals surface area contributed by atoms with Gasteiger partial charge in [0.05, 0.1) is 22.9 Å². The van der Waals surface area contributed by atoms with Crippen molar-refractivity contribution in [2.75, 3.05) is 10.6 Å². The Kier molecular flexibility index (Phi) is 5.84. The normalized spacial score (nSPS) is 10.7. The second-order valence-corrected chi connectivity index (χ2v) is 6.99. The molecule has 7 nitrogen and oxygen atoms in total. The number of nitrogens with zero attached hydrogens (tertiary/aromatic N) is 2. The molecule has 0 aliphatic rings. The zero-order chi connectivity index (χ0) is 20.3. The molecule has 0 atom stereocenters. The largest absolute Gasteiger partial charge is 0.326 e. The van der Waals surface area contributed by atoms with Crippen LogP contribution in [0.25, 0.3) is 10.9 Å². The van der Waals surface area contributed by atoms with Gasteiger partial charge in [0, 0.05) is 30.0 Å². The topological polar surface area (TPSA) is 93.1 Å². The fourth-order valence-electron chi connectivity index (χ4n) is 2.63. The number of aromatic nitrogens is 2. The maximum atomic E-state index is 13.9. The molecule has 3 aromatic rings. The first kappa shape index (κ1) is 19.7. The minimum absolute atomic E-state index is 0.0507. The second-order valence-electron chi connectivity index (χ2n) is 6.08. The van der Waals surface area contributed by atoms with E-state index in [1.807, 2.05) is 0 Å². The highest BCUT2D eigenvalue weighted by Crippen LogP contribution is 2.20. The van der Waals surface area contributed by atoms with E-state index in [1.165, 1.54) is 30.0 Å². The number of aryl methyl sites for hydroxylation is 1. The molecule has 2 N–H and O–H groups in total. The molecule has 2 amide bonds. The summed E-state index contributed by atoms with van der Waals surface area (Å²) in [5, 5.41) is 5.41. The average molecular weight is 447 g/mol. The first-order valence-electron chi connectivity index (χ1n) is 8.35. The van der Waals surface area contributed by atoms with Crippen LogP contribution in [-0.2, 0) is 16.1 Å². The number of rotatable bonds is 5. The summed E-state index contributed by atoms with van der Waals surface area (Å²) in [6, 6.07) is 9.06. The van der Waals surface area contributed by atoms with Crippen LogP contribution in [0.5, 0.6) is 0 Å². The summed E-state index contributed by atoms with van der Waals surface area (Å²) >= 11 is 3.32. The van der Waals surface area contributed by atoms with Gasteiger partial charge in [0.2, 0.25) is 11.8 Å². The summed E-state index contributed by atoms with van der Waals surface area (Å²) in [6.45, 7) is 1.42. The lowest BCUT2D eigenvalue weighted by molar-refractivity contribution is -0.116. The molecular formula is C19H16BrFN4O3. The van der Waals surface area contributed by atoms with Crippen molar-refractivity contribution in [2.45, 2.75) is 19.9 Å². The summed E-state index contributed by atoms with van der Waals surface area (Å²) in [5.41, 5.74) is 0.609. The maximum Gasteiger partial charge on any atom is 0.261 e. The van der Waals surface area contributed by atoms with E-state index in [0.717, 1.165) is 10.5 Å². The zero-order valence-corrected chi connectivity index (χ0v) is 16.4. The van der Waals surface area contributed by atoms with Gasteiger partial charge in [-0.05, 0) is 36.4 Å². The second kappa shape index (κ2) is 8.30. The van der Waals surface area contributed by atoms with Crippen LogP contribution >= 0.6 is 15.9 Å². The molecule has 1 aromatic heterocycles. The fraction of sp³-hybridized carbons (Fsp3) is 0.158. The van der Waals surface area contributed by atoms with Crippen molar-refractivity contribution >= 4 is 50.0 Å². The summed E-state index contributed by atoms with van der Waals surface area (Å²) in [7, 11) is 0. The molecule has 0 saturated carbocycles. The SMILES string of the molecule is CC(=O)Nc1ccc(F)c(NC(=O)CCn2cnc3ccc(Br)cc3c2=O)c1. The van der Waals surface area contributed by atoms with Crippen LogP contribution in [0.4, 0.5) is 15.8 Å². The van der Waals surface area contributed by atoms with Gasteiger partial charge in [-0.1, -0.05) is 15.9 Å². The van der Waals surface area contributed by atoms with Crippen molar-refractivity contribution in [3.05, 3.63) is 63.4 Å². The maximum absolute atomic E-state index is 13.9. The lowest BCUT2D eigenvalue weighted by Gasteiger charge is -2.10. The Bertz CT molecular complexity index is 1130. The minimum atomic E-state index is -0.628. The highest BCUT2D eigenvalue weighted by atomic mass is 79.9. The molecule has 3 rings (SSSR count). The van der Waals surface area contributed by atoms with Crippen molar-refractivity contribution in [3.8, 4) is 0 Å². The molecule has 1 heterocycles. The van der Waals surface area contributed by atoms with Crippen LogP contribution in [-0.4, -0.2) is 21.4 Å². The van der Waals surface area contributed by atoms with Crippen LogP contribution in [0.1, 0.15) is 13.3 Å². The number of anilines is 2. The van der Waals surface area contributed by atoms with Gasteiger partial charge in [0.25, 0.3) is 5.56 Å². The fourth-order valence-corrected chi connectivity index (χ4v) is 2.99. The predicted molar refractivity (Wildman–Crippen MR) is 108 cm³/mol. The van der Waals surface area contributed by atoms with Crippen molar-refractivity contribution in [2.24, 2.45) is 0 Å². The van der Waals surface area contributed by atoms with E-state index in [-0.39, 0.29) is 30.1 Å². The van der Waals surface area contributed by atoms with E-state index in [4.69, 9.17) is 0 Å². The highest BCUT2D eigenvalue weighted by molar-refractivity contribution is 9.10. The predicted octanol–water partition coefficient (Wildman–Crippen LogP) is 3.29. The van der Waals surface area contributed by atoms with Gasteiger partial charge in [-0.2, -0.15) is 0 Å². The van der Waals surface area contributed by atoms with Crippen molar-refractivity contribution in [1.29, 1.82) is 0 Å². The molecular weight excluding hydrogens is 431 g/mol. The van der Waals surface area contributed by atoms with Crippen LogP contribution in [0.3, 0.4) is 0 Å². The van der Waals surface area contributed by atoms with Gasteiger partial charge >= 0.3 is 0 Å². The standard InChI is InChI=1S/C19H16BrFN4O3/c1-11(26)23-13-3-4-15(21)17(9-13)24-18(27)6-7-25-10-22-16-5-2-12(20)8-14(16)19(25)28/h2-5,8-10H,6-7H2,1H3,(H,23,26)(H,24,27). The van der Waals surface area contributed by atoms with Crippen LogP contribution in [0, 0.1) is 5.82 Å². The van der Waals surface area contributed by atoms with E-state index < -0.39 is 11.7 Å². The summed E-state index contributed by atoms with van der Waals surface area (Å²) in [5.74, 6) is -1.41. The van der Waals surface area contributed by atoms with Gasteiger partial charge < -0.3 is 10.6 Å². The lowest BCUT2D eigenvalue weighted by Crippen LogP contribution is -2.24. The molecule has 0 unspecified atom stereocenters. The first-order chi connectivity index (χ1) is 13.3. The third kappa shape index (κ3) is 4.61. The molecule has 0 spiro atoms. The lowest BCUT2D eigenvalue weighted by atomic mass is 10.2. The summed E-state index contributed by atoms with van der Waals surface area (Å²) in [6.07, 6.45) is 1.33. The van der Waals surface area contributed by atoms with E-state index in [1.54, 1.807) is 18.2 Å². The Morgan fingerprint density at radius 3 is 2.71 bits per heavy atom. The quantitative estimate of drug-likeness (QED) is 0.628. The summed E-state index contributed by atoms with van der Waals surface area (Å²) in [4.78, 5) is 40.0. The molecule has 0 saturated heterocycles. The van der Waals surface area contributed by atoms with Gasteiger partial charge in [-0.15, -0.1) is 0 Å². The van der Waals surface area contributed by atoms with E-state index in [9.17, 15) is 18.8 Å². The van der Waals surface area contributed by atoms with Gasteiger partial charge in [0.1, 0.15) is 5.82 Å². The number of amides is 2. The molecule has 28 heavy (non-hydrogen) atoms. The van der Waals surface area contributed by atoms with Gasteiger partial charge in [0.15, 0.2) is 0 Å². The Hall–Kier alpha value is -3.07. The number of hydrogen-bond acceptors (Lipinski definition) is 4. The van der Waals surface area contributed by atoms with Crippen molar-refractivity contribution in [3.63, 3.8) is 0 Å².